The van der Waals surface area contributed by atoms with Crippen molar-refractivity contribution in [3.63, 3.8) is 0 Å². The molecule has 0 spiro atoms. The number of nitrogens with zero attached hydrogens (tertiary/aromatic N) is 1. The van der Waals surface area contributed by atoms with Gasteiger partial charge in [0.25, 0.3) is 0 Å². The van der Waals surface area contributed by atoms with Crippen LogP contribution in [0.25, 0.3) is 0 Å². The number of aliphatic carboxylic acids is 1. The Morgan fingerprint density at radius 2 is 1.89 bits per heavy atom. The third-order valence-electron chi connectivity index (χ3n) is 4.51. The number of nitrogens with one attached hydrogen (secondary N) is 1. The highest BCUT2D eigenvalue weighted by atomic mass is 16.4. The van der Waals surface area contributed by atoms with Gasteiger partial charge in [0, 0.05) is 18.6 Å². The Labute approximate surface area is 114 Å². The lowest BCUT2D eigenvalue weighted by Gasteiger charge is -2.30. The predicted molar refractivity (Wildman–Crippen MR) is 71.9 cm³/mol. The molecule has 1 saturated carbocycles. The number of likely N-dealkylation sites (tertiary alicyclic amines) is 1. The predicted octanol–water partition coefficient (Wildman–Crippen LogP) is 2.21. The van der Waals surface area contributed by atoms with Crippen LogP contribution in [0.15, 0.2) is 0 Å². The quantitative estimate of drug-likeness (QED) is 0.824. The summed E-state index contributed by atoms with van der Waals surface area (Å²) in [5.74, 6) is -0.918. The number of urea groups is 1. The fraction of sp³-hybridized carbons (Fsp3) is 0.857. The minimum Gasteiger partial charge on any atom is -0.481 e. The lowest BCUT2D eigenvalue weighted by atomic mass is 9.86. The number of carbonyl (C=O) groups excluding carboxylic acids is 1. The van der Waals surface area contributed by atoms with Gasteiger partial charge in [-0.05, 0) is 44.9 Å². The van der Waals surface area contributed by atoms with E-state index in [1.54, 1.807) is 0 Å². The maximum atomic E-state index is 12.2. The number of carboxylic acids is 1. The first-order valence-corrected chi connectivity index (χ1v) is 7.41. The number of hydrogen-bond acceptors (Lipinski definition) is 2. The normalized spacial score (nSPS) is 31.2. The minimum absolute atomic E-state index is 0.0446. The fourth-order valence-electron chi connectivity index (χ4n) is 3.27. The van der Waals surface area contributed by atoms with Crippen LogP contribution in [0.2, 0.25) is 0 Å². The van der Waals surface area contributed by atoms with E-state index in [0.717, 1.165) is 38.6 Å². The second kappa shape index (κ2) is 6.26. The van der Waals surface area contributed by atoms with Gasteiger partial charge in [-0.2, -0.15) is 0 Å². The van der Waals surface area contributed by atoms with Gasteiger partial charge in [0.2, 0.25) is 0 Å². The molecule has 1 heterocycles. The topological polar surface area (TPSA) is 69.6 Å². The van der Waals surface area contributed by atoms with E-state index in [0.29, 0.717) is 18.9 Å². The van der Waals surface area contributed by atoms with Crippen molar-refractivity contribution in [3.05, 3.63) is 0 Å². The largest absolute Gasteiger partial charge is 0.481 e. The van der Waals surface area contributed by atoms with E-state index in [9.17, 15) is 9.59 Å². The highest BCUT2D eigenvalue weighted by Gasteiger charge is 2.31. The Hall–Kier alpha value is -1.26. The van der Waals surface area contributed by atoms with Gasteiger partial charge in [-0.25, -0.2) is 4.79 Å². The summed E-state index contributed by atoms with van der Waals surface area (Å²) < 4.78 is 0. The molecule has 1 aliphatic carbocycles. The summed E-state index contributed by atoms with van der Waals surface area (Å²) in [7, 11) is 0. The molecule has 1 aliphatic heterocycles. The van der Waals surface area contributed by atoms with Crippen molar-refractivity contribution in [2.75, 3.05) is 6.54 Å². The molecule has 19 heavy (non-hydrogen) atoms. The van der Waals surface area contributed by atoms with Gasteiger partial charge in [0.1, 0.15) is 0 Å². The summed E-state index contributed by atoms with van der Waals surface area (Å²) in [4.78, 5) is 25.0. The molecule has 1 saturated heterocycles. The Balaban J connectivity index is 1.79. The Morgan fingerprint density at radius 1 is 1.21 bits per heavy atom. The Morgan fingerprint density at radius 3 is 2.47 bits per heavy atom. The molecule has 2 amide bonds. The smallest absolute Gasteiger partial charge is 0.317 e. The standard InChI is InChI=1S/C14H24N2O3/c1-2-12-4-3-9-16(12)14(19)15-11-7-5-10(6-8-11)13(17)18/h10-12H,2-9H2,1H3,(H,15,19)(H,17,18). The number of amides is 2. The van der Waals surface area contributed by atoms with Crippen LogP contribution in [0.3, 0.4) is 0 Å². The average Bonchev–Trinajstić information content (AvgIpc) is 2.87. The van der Waals surface area contributed by atoms with E-state index in [1.165, 1.54) is 0 Å². The fourth-order valence-corrected chi connectivity index (χ4v) is 3.27. The molecule has 2 aliphatic rings. The lowest BCUT2D eigenvalue weighted by Crippen LogP contribution is -2.47. The third kappa shape index (κ3) is 3.39. The van der Waals surface area contributed by atoms with Crippen LogP contribution >= 0.6 is 0 Å². The zero-order valence-electron chi connectivity index (χ0n) is 11.6. The molecule has 2 rings (SSSR count). The van der Waals surface area contributed by atoms with Crippen LogP contribution in [0.5, 0.6) is 0 Å². The first kappa shape index (κ1) is 14.2. The zero-order chi connectivity index (χ0) is 13.8. The highest BCUT2D eigenvalue weighted by Crippen LogP contribution is 2.25. The molecular formula is C14H24N2O3. The van der Waals surface area contributed by atoms with E-state index in [2.05, 4.69) is 12.2 Å². The van der Waals surface area contributed by atoms with Crippen LogP contribution in [0.4, 0.5) is 4.79 Å². The second-order valence-electron chi connectivity index (χ2n) is 5.73. The van der Waals surface area contributed by atoms with E-state index in [4.69, 9.17) is 5.11 Å². The van der Waals surface area contributed by atoms with Crippen molar-refractivity contribution in [2.24, 2.45) is 5.92 Å². The first-order chi connectivity index (χ1) is 9.11. The van der Waals surface area contributed by atoms with E-state index >= 15 is 0 Å². The van der Waals surface area contributed by atoms with Crippen molar-refractivity contribution < 1.29 is 14.7 Å². The monoisotopic (exact) mass is 268 g/mol. The molecule has 0 aromatic rings. The summed E-state index contributed by atoms with van der Waals surface area (Å²) in [5.41, 5.74) is 0. The third-order valence-corrected chi connectivity index (χ3v) is 4.51. The Kier molecular flexibility index (Phi) is 4.66. The maximum Gasteiger partial charge on any atom is 0.317 e. The van der Waals surface area contributed by atoms with Crippen LogP contribution in [0, 0.1) is 5.92 Å². The number of carbonyl (C=O) groups is 2. The number of rotatable bonds is 3. The van der Waals surface area contributed by atoms with Gasteiger partial charge in [0.15, 0.2) is 0 Å². The van der Waals surface area contributed by atoms with E-state index in [1.807, 2.05) is 4.90 Å². The molecule has 5 heteroatoms. The van der Waals surface area contributed by atoms with Crippen molar-refractivity contribution in [1.82, 2.24) is 10.2 Å². The molecule has 0 radical (unpaired) electrons. The van der Waals surface area contributed by atoms with Gasteiger partial charge in [-0.15, -0.1) is 0 Å². The summed E-state index contributed by atoms with van der Waals surface area (Å²) in [6.45, 7) is 2.98. The van der Waals surface area contributed by atoms with Crippen LogP contribution < -0.4 is 5.32 Å². The zero-order valence-corrected chi connectivity index (χ0v) is 11.6. The van der Waals surface area contributed by atoms with Gasteiger partial charge in [-0.3, -0.25) is 4.79 Å². The molecule has 1 unspecified atom stereocenters. The van der Waals surface area contributed by atoms with Gasteiger partial charge >= 0.3 is 12.0 Å². The molecule has 0 aromatic carbocycles. The number of carboxylic acid groups (broad SMARTS) is 1. The highest BCUT2D eigenvalue weighted by molar-refractivity contribution is 5.75. The average molecular weight is 268 g/mol. The van der Waals surface area contributed by atoms with Gasteiger partial charge in [-0.1, -0.05) is 6.92 Å². The van der Waals surface area contributed by atoms with Crippen molar-refractivity contribution >= 4 is 12.0 Å². The summed E-state index contributed by atoms with van der Waals surface area (Å²) in [5, 5.41) is 12.0. The van der Waals surface area contributed by atoms with Gasteiger partial charge in [0.05, 0.1) is 5.92 Å². The van der Waals surface area contributed by atoms with Gasteiger partial charge < -0.3 is 15.3 Å². The Bertz CT molecular complexity index is 338. The minimum atomic E-state index is -0.699. The molecule has 0 aromatic heterocycles. The van der Waals surface area contributed by atoms with Crippen LogP contribution in [-0.4, -0.2) is 40.6 Å². The SMILES string of the molecule is CCC1CCCN1C(=O)NC1CCC(C(=O)O)CC1. The second-order valence-corrected chi connectivity index (χ2v) is 5.73. The van der Waals surface area contributed by atoms with Crippen molar-refractivity contribution in [1.29, 1.82) is 0 Å². The van der Waals surface area contributed by atoms with Crippen LogP contribution in [-0.2, 0) is 4.79 Å². The molecule has 1 atom stereocenters. The van der Waals surface area contributed by atoms with E-state index < -0.39 is 5.97 Å². The first-order valence-electron chi connectivity index (χ1n) is 7.41. The van der Waals surface area contributed by atoms with E-state index in [-0.39, 0.29) is 18.0 Å². The maximum absolute atomic E-state index is 12.2. The number of hydrogen-bond donors (Lipinski definition) is 2. The molecule has 0 bridgehead atoms. The molecule has 108 valence electrons. The molecule has 5 nitrogen and oxygen atoms in total. The summed E-state index contributed by atoms with van der Waals surface area (Å²) in [6, 6.07) is 0.583. The lowest BCUT2D eigenvalue weighted by molar-refractivity contribution is -0.142. The van der Waals surface area contributed by atoms with Crippen LogP contribution in [0.1, 0.15) is 51.9 Å². The summed E-state index contributed by atoms with van der Waals surface area (Å²) in [6.07, 6.45) is 6.14. The summed E-state index contributed by atoms with van der Waals surface area (Å²) >= 11 is 0. The molecule has 2 N–H and O–H groups in total. The molecule has 2 fully saturated rings. The molecular weight excluding hydrogens is 244 g/mol. The van der Waals surface area contributed by atoms with Crippen molar-refractivity contribution in [3.8, 4) is 0 Å². The van der Waals surface area contributed by atoms with Crippen molar-refractivity contribution in [2.45, 2.75) is 64.0 Å².